The molecule has 1 atom stereocenters. The second kappa shape index (κ2) is 10.3. The molecule has 0 saturated heterocycles. The summed E-state index contributed by atoms with van der Waals surface area (Å²) < 4.78 is 62.8. The lowest BCUT2D eigenvalue weighted by atomic mass is 10.2. The number of hydrogen-bond donors (Lipinski definition) is 2. The maximum absolute atomic E-state index is 14.5. The zero-order chi connectivity index (χ0) is 22.5. The molecule has 1 aliphatic rings. The zero-order valence-electron chi connectivity index (χ0n) is 17.6. The van der Waals surface area contributed by atoms with Crippen molar-refractivity contribution in [1.29, 1.82) is 0 Å². The van der Waals surface area contributed by atoms with Crippen molar-refractivity contribution >= 4 is 25.4 Å². The van der Waals surface area contributed by atoms with Crippen LogP contribution in [0.4, 0.5) is 34.6 Å². The summed E-state index contributed by atoms with van der Waals surface area (Å²) in [6, 6.07) is 4.68. The summed E-state index contributed by atoms with van der Waals surface area (Å²) in [7, 11) is -1.40. The van der Waals surface area contributed by atoms with Crippen molar-refractivity contribution in [2.75, 3.05) is 17.1 Å². The molecule has 30 heavy (non-hydrogen) atoms. The molecule has 0 spiro atoms. The Morgan fingerprint density at radius 3 is 2.30 bits per heavy atom. The van der Waals surface area contributed by atoms with Gasteiger partial charge in [-0.15, -0.1) is 6.58 Å². The van der Waals surface area contributed by atoms with Gasteiger partial charge in [-0.3, -0.25) is 0 Å². The smallest absolute Gasteiger partial charge is 0.184 e. The standard InChI is InChI=1S/C20H21F4N2OP.C2H6/c1-4-7-20(8-9-20)27-28(3)26-18-15(23)11-14(22)17(24)19(18)25-16-6-5-12(2)10-13(16)21;1-2/h4-6,10-11,25-26H,1,7-9H2,2-3H3;1-2H3. The molecule has 2 aromatic rings. The molecule has 0 radical (unpaired) electrons. The number of hydrogen-bond acceptors (Lipinski definition) is 3. The Hall–Kier alpha value is -2.11. The van der Waals surface area contributed by atoms with Crippen LogP contribution in [0.1, 0.15) is 38.7 Å². The number of aryl methyl sites for hydroxylation is 1. The minimum absolute atomic E-state index is 0.0933. The number of halogens is 4. The predicted octanol–water partition coefficient (Wildman–Crippen LogP) is 7.80. The molecule has 3 nitrogen and oxygen atoms in total. The molecule has 0 aromatic heterocycles. The summed E-state index contributed by atoms with van der Waals surface area (Å²) in [5.41, 5.74) is -0.575. The third-order valence-corrected chi connectivity index (χ3v) is 5.68. The van der Waals surface area contributed by atoms with Gasteiger partial charge in [0.1, 0.15) is 25.5 Å². The molecule has 0 aliphatic heterocycles. The Labute approximate surface area is 176 Å². The van der Waals surface area contributed by atoms with Gasteiger partial charge in [0, 0.05) is 6.07 Å². The molecule has 164 valence electrons. The average Bonchev–Trinajstić information content (AvgIpc) is 3.45. The second-order valence-electron chi connectivity index (χ2n) is 6.89. The minimum Gasteiger partial charge on any atom is -0.349 e. The van der Waals surface area contributed by atoms with Gasteiger partial charge >= 0.3 is 0 Å². The molecule has 1 fully saturated rings. The first-order chi connectivity index (χ1) is 14.2. The lowest BCUT2D eigenvalue weighted by Crippen LogP contribution is -2.13. The lowest BCUT2D eigenvalue weighted by Gasteiger charge is -2.24. The monoisotopic (exact) mass is 442 g/mol. The van der Waals surface area contributed by atoms with E-state index in [1.54, 1.807) is 25.7 Å². The van der Waals surface area contributed by atoms with E-state index in [0.717, 1.165) is 12.8 Å². The minimum atomic E-state index is -1.40. The van der Waals surface area contributed by atoms with Gasteiger partial charge in [-0.05, 0) is 50.5 Å². The maximum atomic E-state index is 14.5. The van der Waals surface area contributed by atoms with Crippen LogP contribution in [-0.4, -0.2) is 12.3 Å². The summed E-state index contributed by atoms with van der Waals surface area (Å²) >= 11 is 0. The molecule has 0 amide bonds. The highest BCUT2D eigenvalue weighted by atomic mass is 31.2. The number of benzene rings is 2. The van der Waals surface area contributed by atoms with E-state index in [0.29, 0.717) is 18.1 Å². The van der Waals surface area contributed by atoms with Gasteiger partial charge in [0.2, 0.25) is 0 Å². The number of nitrogens with one attached hydrogen (secondary N) is 2. The largest absolute Gasteiger partial charge is 0.349 e. The van der Waals surface area contributed by atoms with Crippen LogP contribution in [0.2, 0.25) is 0 Å². The van der Waals surface area contributed by atoms with Crippen LogP contribution < -0.4 is 10.4 Å². The molecule has 8 heteroatoms. The molecule has 1 aliphatic carbocycles. The predicted molar refractivity (Wildman–Crippen MR) is 116 cm³/mol. The van der Waals surface area contributed by atoms with Crippen molar-refractivity contribution in [2.24, 2.45) is 0 Å². The van der Waals surface area contributed by atoms with E-state index in [-0.39, 0.29) is 17.0 Å². The van der Waals surface area contributed by atoms with Gasteiger partial charge < -0.3 is 14.9 Å². The Kier molecular flexibility index (Phi) is 8.27. The van der Waals surface area contributed by atoms with Gasteiger partial charge in [-0.2, -0.15) is 0 Å². The van der Waals surface area contributed by atoms with E-state index >= 15 is 0 Å². The maximum Gasteiger partial charge on any atom is 0.184 e. The van der Waals surface area contributed by atoms with Crippen LogP contribution in [0.5, 0.6) is 0 Å². The zero-order valence-corrected chi connectivity index (χ0v) is 18.5. The van der Waals surface area contributed by atoms with Crippen LogP contribution in [-0.2, 0) is 4.52 Å². The molecule has 1 saturated carbocycles. The number of anilines is 3. The molecule has 1 unspecified atom stereocenters. The van der Waals surface area contributed by atoms with Gasteiger partial charge in [-0.1, -0.05) is 26.0 Å². The average molecular weight is 442 g/mol. The molecule has 0 heterocycles. The Morgan fingerprint density at radius 1 is 1.07 bits per heavy atom. The summed E-state index contributed by atoms with van der Waals surface area (Å²) in [4.78, 5) is 0. The van der Waals surface area contributed by atoms with Crippen molar-refractivity contribution in [1.82, 2.24) is 0 Å². The van der Waals surface area contributed by atoms with E-state index in [1.165, 1.54) is 12.1 Å². The second-order valence-corrected chi connectivity index (χ2v) is 8.29. The molecule has 0 bridgehead atoms. The fourth-order valence-electron chi connectivity index (χ4n) is 2.88. The third-order valence-electron chi connectivity index (χ3n) is 4.48. The van der Waals surface area contributed by atoms with E-state index in [9.17, 15) is 17.6 Å². The molecule has 2 aromatic carbocycles. The van der Waals surface area contributed by atoms with E-state index < -0.39 is 37.3 Å². The fraction of sp³-hybridized carbons (Fsp3) is 0.364. The highest BCUT2D eigenvalue weighted by Crippen LogP contribution is 2.53. The van der Waals surface area contributed by atoms with Gasteiger partial charge in [0.15, 0.2) is 17.5 Å². The Morgan fingerprint density at radius 2 is 1.73 bits per heavy atom. The normalized spacial score (nSPS) is 14.9. The Bertz CT molecular complexity index is 903. The van der Waals surface area contributed by atoms with Crippen molar-refractivity contribution in [2.45, 2.75) is 45.6 Å². The fourth-order valence-corrected chi connectivity index (χ4v) is 4.30. The quantitative estimate of drug-likeness (QED) is 0.189. The molecular weight excluding hydrogens is 415 g/mol. The molecular formula is C22H27F4N2OP. The van der Waals surface area contributed by atoms with E-state index in [2.05, 4.69) is 17.0 Å². The van der Waals surface area contributed by atoms with Gasteiger partial charge in [0.05, 0.1) is 11.3 Å². The summed E-state index contributed by atoms with van der Waals surface area (Å²) in [6.45, 7) is 11.1. The third kappa shape index (κ3) is 5.73. The van der Waals surface area contributed by atoms with Crippen LogP contribution >= 0.6 is 8.30 Å². The van der Waals surface area contributed by atoms with Crippen molar-refractivity contribution in [3.05, 3.63) is 65.8 Å². The van der Waals surface area contributed by atoms with Crippen molar-refractivity contribution < 1.29 is 22.1 Å². The highest BCUT2D eigenvalue weighted by molar-refractivity contribution is 7.53. The van der Waals surface area contributed by atoms with Crippen LogP contribution in [0.3, 0.4) is 0 Å². The van der Waals surface area contributed by atoms with Crippen LogP contribution in [0, 0.1) is 30.2 Å². The SMILES string of the molecule is C=CCC1(OP(C)Nc2c(F)cc(F)c(F)c2Nc2ccc(C)cc2F)CC1.CC. The number of rotatable bonds is 8. The van der Waals surface area contributed by atoms with Gasteiger partial charge in [-0.25, -0.2) is 17.6 Å². The first-order valence-corrected chi connectivity index (χ1v) is 11.5. The Balaban J connectivity index is 0.00000155. The van der Waals surface area contributed by atoms with Crippen molar-refractivity contribution in [3.63, 3.8) is 0 Å². The summed E-state index contributed by atoms with van der Waals surface area (Å²) in [5.74, 6) is -4.34. The van der Waals surface area contributed by atoms with Gasteiger partial charge in [0.25, 0.3) is 0 Å². The van der Waals surface area contributed by atoms with E-state index in [1.807, 2.05) is 13.8 Å². The molecule has 2 N–H and O–H groups in total. The topological polar surface area (TPSA) is 33.3 Å². The van der Waals surface area contributed by atoms with Crippen LogP contribution in [0.25, 0.3) is 0 Å². The molecule has 3 rings (SSSR count). The summed E-state index contributed by atoms with van der Waals surface area (Å²) in [6.07, 6.45) is 4.11. The summed E-state index contributed by atoms with van der Waals surface area (Å²) in [5, 5.41) is 5.27. The van der Waals surface area contributed by atoms with Crippen molar-refractivity contribution in [3.8, 4) is 0 Å². The van der Waals surface area contributed by atoms with E-state index in [4.69, 9.17) is 4.52 Å². The van der Waals surface area contributed by atoms with Crippen LogP contribution in [0.15, 0.2) is 36.9 Å². The first kappa shape index (κ1) is 24.2. The lowest BCUT2D eigenvalue weighted by molar-refractivity contribution is 0.209. The highest BCUT2D eigenvalue weighted by Gasteiger charge is 2.44. The first-order valence-electron chi connectivity index (χ1n) is 9.76.